The Bertz CT molecular complexity index is 192. The molecule has 3 heteroatoms. The number of hydrogen-bond donors (Lipinski definition) is 1. The summed E-state index contributed by atoms with van der Waals surface area (Å²) < 4.78 is 0. The van der Waals surface area contributed by atoms with Crippen molar-refractivity contribution in [2.24, 2.45) is 5.92 Å². The second-order valence-electron chi connectivity index (χ2n) is 5.27. The average molecular weight is 245 g/mol. The zero-order valence-electron chi connectivity index (χ0n) is 11.0. The first-order valence-electron chi connectivity index (χ1n) is 6.54. The topological polar surface area (TPSA) is 23.5 Å². The molecule has 0 saturated carbocycles. The van der Waals surface area contributed by atoms with Gasteiger partial charge in [0.1, 0.15) is 0 Å². The van der Waals surface area contributed by atoms with Crippen LogP contribution in [0.3, 0.4) is 0 Å². The number of nitrogens with zero attached hydrogens (tertiary/aromatic N) is 1. The van der Waals surface area contributed by atoms with E-state index in [2.05, 4.69) is 25.8 Å². The van der Waals surface area contributed by atoms with Crippen molar-refractivity contribution in [2.75, 3.05) is 31.7 Å². The maximum Gasteiger partial charge on any atom is 0.0615 e. The largest absolute Gasteiger partial charge is 0.394 e. The molecular formula is C13H27NOS. The Hall–Kier alpha value is 0.270. The Morgan fingerprint density at radius 2 is 2.00 bits per heavy atom. The van der Waals surface area contributed by atoms with Gasteiger partial charge in [-0.05, 0) is 43.7 Å². The number of aliphatic hydroxyl groups is 1. The summed E-state index contributed by atoms with van der Waals surface area (Å²) in [7, 11) is 2.19. The molecule has 0 aromatic heterocycles. The monoisotopic (exact) mass is 245 g/mol. The van der Waals surface area contributed by atoms with Gasteiger partial charge in [0.25, 0.3) is 0 Å². The van der Waals surface area contributed by atoms with Crippen molar-refractivity contribution in [1.82, 2.24) is 4.90 Å². The minimum Gasteiger partial charge on any atom is -0.394 e. The van der Waals surface area contributed by atoms with E-state index in [-0.39, 0.29) is 5.54 Å². The summed E-state index contributed by atoms with van der Waals surface area (Å²) in [4.78, 5) is 2.42. The molecule has 1 aliphatic rings. The van der Waals surface area contributed by atoms with E-state index < -0.39 is 0 Å². The molecular weight excluding hydrogens is 218 g/mol. The number of thioether (sulfide) groups is 1. The number of likely N-dealkylation sites (N-methyl/N-ethyl adjacent to an activating group) is 1. The van der Waals surface area contributed by atoms with Crippen LogP contribution in [0.2, 0.25) is 0 Å². The van der Waals surface area contributed by atoms with Crippen molar-refractivity contribution < 1.29 is 5.11 Å². The Balaban J connectivity index is 2.50. The van der Waals surface area contributed by atoms with Crippen LogP contribution in [0.15, 0.2) is 0 Å². The molecule has 16 heavy (non-hydrogen) atoms. The van der Waals surface area contributed by atoms with Crippen LogP contribution in [0.25, 0.3) is 0 Å². The van der Waals surface area contributed by atoms with Crippen molar-refractivity contribution in [3.05, 3.63) is 0 Å². The second kappa shape index (κ2) is 6.87. The van der Waals surface area contributed by atoms with E-state index in [1.807, 2.05) is 11.8 Å². The Labute approximate surface area is 105 Å². The highest BCUT2D eigenvalue weighted by Gasteiger charge is 2.35. The number of rotatable bonds is 6. The van der Waals surface area contributed by atoms with E-state index in [4.69, 9.17) is 0 Å². The third-order valence-corrected chi connectivity index (χ3v) is 4.88. The molecule has 0 aromatic carbocycles. The first kappa shape index (κ1) is 14.3. The van der Waals surface area contributed by atoms with Gasteiger partial charge in [0.2, 0.25) is 0 Å². The molecule has 96 valence electrons. The summed E-state index contributed by atoms with van der Waals surface area (Å²) in [5.74, 6) is 3.15. The number of aliphatic hydroxyl groups excluding tert-OH is 1. The van der Waals surface area contributed by atoms with Gasteiger partial charge < -0.3 is 5.11 Å². The second-order valence-corrected chi connectivity index (χ2v) is 6.49. The number of hydrogen-bond acceptors (Lipinski definition) is 3. The Kier molecular flexibility index (Phi) is 6.16. The predicted octanol–water partition coefficient (Wildman–Crippen LogP) is 2.61. The van der Waals surface area contributed by atoms with E-state index in [0.29, 0.717) is 6.61 Å². The van der Waals surface area contributed by atoms with Gasteiger partial charge in [-0.3, -0.25) is 4.90 Å². The minimum atomic E-state index is 0.0766. The summed E-state index contributed by atoms with van der Waals surface area (Å²) in [6.07, 6.45) is 4.84. The van der Waals surface area contributed by atoms with Crippen molar-refractivity contribution in [3.8, 4) is 0 Å². The minimum absolute atomic E-state index is 0.0766. The lowest BCUT2D eigenvalue weighted by Crippen LogP contribution is -2.53. The molecule has 1 fully saturated rings. The van der Waals surface area contributed by atoms with Gasteiger partial charge in [0.15, 0.2) is 0 Å². The van der Waals surface area contributed by atoms with Crippen LogP contribution >= 0.6 is 11.8 Å². The fourth-order valence-corrected chi connectivity index (χ4v) is 3.91. The molecule has 0 bridgehead atoms. The fraction of sp³-hybridized carbons (Fsp3) is 1.00. The summed E-state index contributed by atoms with van der Waals surface area (Å²) in [5, 5.41) is 9.70. The van der Waals surface area contributed by atoms with E-state index >= 15 is 0 Å². The summed E-state index contributed by atoms with van der Waals surface area (Å²) >= 11 is 2.02. The zero-order valence-corrected chi connectivity index (χ0v) is 11.9. The molecule has 1 saturated heterocycles. The molecule has 1 aliphatic heterocycles. The van der Waals surface area contributed by atoms with E-state index in [9.17, 15) is 5.11 Å². The quantitative estimate of drug-likeness (QED) is 0.778. The van der Waals surface area contributed by atoms with Gasteiger partial charge in [0.05, 0.1) is 6.61 Å². The van der Waals surface area contributed by atoms with Gasteiger partial charge in [-0.25, -0.2) is 0 Å². The summed E-state index contributed by atoms with van der Waals surface area (Å²) in [5.41, 5.74) is 0.0766. The van der Waals surface area contributed by atoms with Crippen molar-refractivity contribution in [2.45, 2.75) is 45.1 Å². The Morgan fingerprint density at radius 3 is 2.50 bits per heavy atom. The highest BCUT2D eigenvalue weighted by Crippen LogP contribution is 2.32. The predicted molar refractivity (Wildman–Crippen MR) is 73.1 cm³/mol. The first-order chi connectivity index (χ1) is 7.64. The molecule has 0 aliphatic carbocycles. The highest BCUT2D eigenvalue weighted by molar-refractivity contribution is 7.99. The van der Waals surface area contributed by atoms with Crippen molar-refractivity contribution in [3.63, 3.8) is 0 Å². The molecule has 0 radical (unpaired) electrons. The molecule has 1 heterocycles. The van der Waals surface area contributed by atoms with Gasteiger partial charge >= 0.3 is 0 Å². The van der Waals surface area contributed by atoms with E-state index in [1.54, 1.807) is 0 Å². The normalized spacial score (nSPS) is 22.3. The average Bonchev–Trinajstić information content (AvgIpc) is 2.30. The third-order valence-electron chi connectivity index (χ3n) is 3.89. The molecule has 1 unspecified atom stereocenters. The third kappa shape index (κ3) is 3.64. The van der Waals surface area contributed by atoms with Crippen LogP contribution < -0.4 is 0 Å². The Morgan fingerprint density at radius 1 is 1.38 bits per heavy atom. The van der Waals surface area contributed by atoms with Gasteiger partial charge in [-0.2, -0.15) is 11.8 Å². The summed E-state index contributed by atoms with van der Waals surface area (Å²) in [6.45, 7) is 6.01. The molecule has 0 spiro atoms. The molecule has 1 rings (SSSR count). The fourth-order valence-electron chi connectivity index (χ4n) is 2.66. The van der Waals surface area contributed by atoms with Crippen molar-refractivity contribution in [1.29, 1.82) is 0 Å². The summed E-state index contributed by atoms with van der Waals surface area (Å²) in [6, 6.07) is 0. The van der Waals surface area contributed by atoms with Gasteiger partial charge in [-0.1, -0.05) is 20.3 Å². The molecule has 0 amide bonds. The SMILES string of the molecule is CCCC(C)CN(C)C1(CO)CCSCC1. The van der Waals surface area contributed by atoms with Gasteiger partial charge in [-0.15, -0.1) is 0 Å². The lowest BCUT2D eigenvalue weighted by atomic mass is 9.90. The lowest BCUT2D eigenvalue weighted by Gasteiger charge is -2.44. The van der Waals surface area contributed by atoms with Gasteiger partial charge in [0, 0.05) is 12.1 Å². The lowest BCUT2D eigenvalue weighted by molar-refractivity contribution is 0.0317. The van der Waals surface area contributed by atoms with Crippen LogP contribution in [0.1, 0.15) is 39.5 Å². The zero-order chi connectivity index (χ0) is 12.0. The molecule has 0 aromatic rings. The smallest absolute Gasteiger partial charge is 0.0615 e. The maximum atomic E-state index is 9.70. The van der Waals surface area contributed by atoms with Crippen LogP contribution in [-0.2, 0) is 0 Å². The highest BCUT2D eigenvalue weighted by atomic mass is 32.2. The van der Waals surface area contributed by atoms with E-state index in [1.165, 1.54) is 24.3 Å². The van der Waals surface area contributed by atoms with Crippen LogP contribution in [0.4, 0.5) is 0 Å². The van der Waals surface area contributed by atoms with Crippen molar-refractivity contribution >= 4 is 11.8 Å². The first-order valence-corrected chi connectivity index (χ1v) is 7.70. The van der Waals surface area contributed by atoms with Crippen LogP contribution in [0.5, 0.6) is 0 Å². The molecule has 1 N–H and O–H groups in total. The van der Waals surface area contributed by atoms with Crippen LogP contribution in [0, 0.1) is 5.92 Å². The molecule has 2 nitrogen and oxygen atoms in total. The van der Waals surface area contributed by atoms with E-state index in [0.717, 1.165) is 25.3 Å². The molecule has 1 atom stereocenters. The maximum absolute atomic E-state index is 9.70. The standard InChI is InChI=1S/C13H27NOS/c1-4-5-12(2)10-14(3)13(11-15)6-8-16-9-7-13/h12,15H,4-11H2,1-3H3. The van der Waals surface area contributed by atoms with Crippen LogP contribution in [-0.4, -0.2) is 47.3 Å².